The van der Waals surface area contributed by atoms with E-state index >= 15 is 4.39 Å². The minimum Gasteiger partial charge on any atom is -0.481 e. The van der Waals surface area contributed by atoms with Gasteiger partial charge in [-0.2, -0.15) is 17.6 Å². The second kappa shape index (κ2) is 14.3. The summed E-state index contributed by atoms with van der Waals surface area (Å²) in [6, 6.07) is 2.70. The molecule has 3 aromatic rings. The molecule has 2 aliphatic rings. The highest BCUT2D eigenvalue weighted by molar-refractivity contribution is 7.16. The van der Waals surface area contributed by atoms with E-state index in [1.807, 2.05) is 11.9 Å². The largest absolute Gasteiger partial charge is 0.481 e. The van der Waals surface area contributed by atoms with Crippen molar-refractivity contribution in [1.29, 1.82) is 0 Å². The molecular formula is C30H38F5N7O2S. The van der Waals surface area contributed by atoms with Crippen LogP contribution in [0.4, 0.5) is 38.7 Å². The molecular weight excluding hydrogens is 617 g/mol. The average molecular weight is 656 g/mol. The van der Waals surface area contributed by atoms with Crippen LogP contribution in [0.1, 0.15) is 56.9 Å². The number of benzene rings is 1. The van der Waals surface area contributed by atoms with Crippen molar-refractivity contribution in [2.24, 2.45) is 0 Å². The summed E-state index contributed by atoms with van der Waals surface area (Å²) in [6.45, 7) is 4.64. The van der Waals surface area contributed by atoms with Gasteiger partial charge in [-0.05, 0) is 57.5 Å². The maximum atomic E-state index is 15.8. The molecule has 2 aromatic heterocycles. The number of hydrogen-bond donors (Lipinski definition) is 2. The quantitative estimate of drug-likeness (QED) is 0.221. The Morgan fingerprint density at radius 3 is 2.67 bits per heavy atom. The van der Waals surface area contributed by atoms with Gasteiger partial charge in [0.05, 0.1) is 17.7 Å². The Morgan fingerprint density at radius 1 is 1.18 bits per heavy atom. The van der Waals surface area contributed by atoms with Gasteiger partial charge >= 0.3 is 12.1 Å². The van der Waals surface area contributed by atoms with Crippen molar-refractivity contribution in [3.05, 3.63) is 46.6 Å². The van der Waals surface area contributed by atoms with Crippen molar-refractivity contribution in [3.8, 4) is 11.3 Å². The van der Waals surface area contributed by atoms with Crippen LogP contribution in [-0.2, 0) is 17.5 Å². The molecule has 4 heterocycles. The van der Waals surface area contributed by atoms with Crippen molar-refractivity contribution >= 4 is 34.1 Å². The van der Waals surface area contributed by atoms with Gasteiger partial charge in [0.25, 0.3) is 0 Å². The standard InChI is InChI=1S/C29H34F5N7O2S.CH4/c1-3-20-5-4-8-40(20)15-22-25(17-11-18(29(32,33)34)13-19(30)12-17)37-28(44-22)38-26-24(31)27(36-16-35-26)41-10-6-21(14-41)39(2)9-7-23(42)43;/h11-13,16,20-21H,3-10,14-15H2,1-2H3,(H,42,43)(H,35,36,37,38);1H4/t20-,21+;/m1./s1. The maximum Gasteiger partial charge on any atom is 0.416 e. The van der Waals surface area contributed by atoms with E-state index in [1.165, 1.54) is 6.33 Å². The van der Waals surface area contributed by atoms with Gasteiger partial charge in [-0.15, -0.1) is 0 Å². The molecule has 0 radical (unpaired) electrons. The van der Waals surface area contributed by atoms with Gasteiger partial charge in [-0.25, -0.2) is 19.3 Å². The molecule has 0 aliphatic carbocycles. The van der Waals surface area contributed by atoms with E-state index in [0.717, 1.165) is 49.3 Å². The summed E-state index contributed by atoms with van der Waals surface area (Å²) >= 11 is 1.16. The Balaban J connectivity index is 0.00000461. The average Bonchev–Trinajstić information content (AvgIpc) is 3.72. The van der Waals surface area contributed by atoms with Crippen molar-refractivity contribution in [2.45, 2.75) is 71.3 Å². The van der Waals surface area contributed by atoms with Crippen molar-refractivity contribution < 1.29 is 31.9 Å². The highest BCUT2D eigenvalue weighted by Gasteiger charge is 2.33. The smallest absolute Gasteiger partial charge is 0.416 e. The first kappa shape index (κ1) is 34.4. The summed E-state index contributed by atoms with van der Waals surface area (Å²) in [5.41, 5.74) is -0.925. The van der Waals surface area contributed by atoms with Crippen LogP contribution in [-0.4, -0.2) is 81.1 Å². The number of carbonyl (C=O) groups is 1. The van der Waals surface area contributed by atoms with Gasteiger partial charge in [0.15, 0.2) is 16.8 Å². The summed E-state index contributed by atoms with van der Waals surface area (Å²) in [6.07, 6.45) is 0.105. The van der Waals surface area contributed by atoms with Gasteiger partial charge < -0.3 is 20.2 Å². The highest BCUT2D eigenvalue weighted by atomic mass is 32.1. The molecule has 2 fully saturated rings. The van der Waals surface area contributed by atoms with Gasteiger partial charge in [-0.3, -0.25) is 9.69 Å². The van der Waals surface area contributed by atoms with Gasteiger partial charge in [0, 0.05) is 48.7 Å². The minimum atomic E-state index is -4.74. The molecule has 2 N–H and O–H groups in total. The van der Waals surface area contributed by atoms with Crippen LogP contribution in [0.25, 0.3) is 11.3 Å². The third kappa shape index (κ3) is 8.05. The molecule has 9 nitrogen and oxygen atoms in total. The zero-order valence-electron chi connectivity index (χ0n) is 24.4. The Hall–Kier alpha value is -3.43. The number of halogens is 5. The summed E-state index contributed by atoms with van der Waals surface area (Å²) in [5, 5.41) is 12.1. The molecule has 5 rings (SSSR count). The number of hydrogen-bond acceptors (Lipinski definition) is 9. The van der Waals surface area contributed by atoms with E-state index in [-0.39, 0.29) is 47.9 Å². The lowest BCUT2D eigenvalue weighted by Crippen LogP contribution is -2.36. The van der Waals surface area contributed by atoms with E-state index in [1.54, 1.807) is 4.90 Å². The van der Waals surface area contributed by atoms with Crippen LogP contribution in [0.5, 0.6) is 0 Å². The lowest BCUT2D eigenvalue weighted by molar-refractivity contribution is -0.138. The maximum absolute atomic E-state index is 15.8. The Labute approximate surface area is 263 Å². The number of nitrogens with one attached hydrogen (secondary N) is 1. The first-order chi connectivity index (χ1) is 20.9. The first-order valence-electron chi connectivity index (χ1n) is 14.5. The van der Waals surface area contributed by atoms with Crippen molar-refractivity contribution in [2.75, 3.05) is 43.4 Å². The molecule has 2 aliphatic heterocycles. The van der Waals surface area contributed by atoms with Crippen LogP contribution in [0, 0.1) is 11.6 Å². The number of aliphatic carboxylic acids is 1. The van der Waals surface area contributed by atoms with Crippen LogP contribution in [0.3, 0.4) is 0 Å². The zero-order chi connectivity index (χ0) is 31.6. The number of anilines is 3. The van der Waals surface area contributed by atoms with Gasteiger partial charge in [-0.1, -0.05) is 25.7 Å². The number of carboxylic acids is 1. The minimum absolute atomic E-state index is 0. The molecule has 0 spiro atoms. The number of likely N-dealkylation sites (tertiary alicyclic amines) is 1. The molecule has 45 heavy (non-hydrogen) atoms. The second-order valence-corrected chi connectivity index (χ2v) is 12.3. The second-order valence-electron chi connectivity index (χ2n) is 11.2. The van der Waals surface area contributed by atoms with E-state index in [0.29, 0.717) is 49.6 Å². The van der Waals surface area contributed by atoms with E-state index in [9.17, 15) is 22.4 Å². The fraction of sp³-hybridized carbons (Fsp3) is 0.533. The van der Waals surface area contributed by atoms with Crippen molar-refractivity contribution in [3.63, 3.8) is 0 Å². The van der Waals surface area contributed by atoms with Crippen LogP contribution >= 0.6 is 11.3 Å². The van der Waals surface area contributed by atoms with Crippen LogP contribution in [0.15, 0.2) is 24.5 Å². The summed E-state index contributed by atoms with van der Waals surface area (Å²) in [7, 11) is 1.83. The molecule has 15 heteroatoms. The first-order valence-corrected chi connectivity index (χ1v) is 15.3. The van der Waals surface area contributed by atoms with E-state index < -0.39 is 29.3 Å². The number of aromatic nitrogens is 3. The Morgan fingerprint density at radius 2 is 1.96 bits per heavy atom. The summed E-state index contributed by atoms with van der Waals surface area (Å²) in [5.74, 6) is -2.69. The predicted octanol–water partition coefficient (Wildman–Crippen LogP) is 6.64. The van der Waals surface area contributed by atoms with Crippen LogP contribution in [0.2, 0.25) is 0 Å². The summed E-state index contributed by atoms with van der Waals surface area (Å²) in [4.78, 5) is 30.2. The van der Waals surface area contributed by atoms with Gasteiger partial charge in [0.1, 0.15) is 12.1 Å². The molecule has 0 unspecified atom stereocenters. The number of carboxylic acid groups (broad SMARTS) is 1. The lowest BCUT2D eigenvalue weighted by Gasteiger charge is -2.24. The van der Waals surface area contributed by atoms with Gasteiger partial charge in [0.2, 0.25) is 5.82 Å². The molecule has 0 saturated carbocycles. The number of nitrogens with zero attached hydrogens (tertiary/aromatic N) is 6. The molecule has 246 valence electrons. The SMILES string of the molecule is C.CC[C@@H]1CCCN1Cc1sc(Nc2ncnc(N3CC[C@H](N(C)CCC(=O)O)C3)c2F)nc1-c1cc(F)cc(C(F)(F)F)c1. The zero-order valence-corrected chi connectivity index (χ0v) is 25.2. The van der Waals surface area contributed by atoms with Crippen molar-refractivity contribution in [1.82, 2.24) is 24.8 Å². The fourth-order valence-corrected chi connectivity index (χ4v) is 6.90. The van der Waals surface area contributed by atoms with E-state index in [4.69, 9.17) is 5.11 Å². The number of rotatable bonds is 11. The fourth-order valence-electron chi connectivity index (χ4n) is 5.90. The summed E-state index contributed by atoms with van der Waals surface area (Å²) < 4.78 is 70.8. The molecule has 0 bridgehead atoms. The normalized spacial score (nSPS) is 18.9. The number of thiazole rings is 1. The molecule has 2 atom stereocenters. The topological polar surface area (TPSA) is 97.7 Å². The Kier molecular flexibility index (Phi) is 11.0. The number of likely N-dealkylation sites (N-methyl/N-ethyl adjacent to an activating group) is 1. The lowest BCUT2D eigenvalue weighted by atomic mass is 10.1. The van der Waals surface area contributed by atoms with Crippen LogP contribution < -0.4 is 10.2 Å². The third-order valence-electron chi connectivity index (χ3n) is 8.27. The molecule has 0 amide bonds. The molecule has 1 aromatic carbocycles. The third-order valence-corrected chi connectivity index (χ3v) is 9.23. The number of alkyl halides is 3. The Bertz CT molecular complexity index is 1490. The van der Waals surface area contributed by atoms with E-state index in [2.05, 4.69) is 32.1 Å². The highest BCUT2D eigenvalue weighted by Crippen LogP contribution is 2.39. The molecule has 2 saturated heterocycles. The monoisotopic (exact) mass is 655 g/mol. The predicted molar refractivity (Wildman–Crippen MR) is 164 cm³/mol.